The Hall–Kier alpha value is -2.63. The van der Waals surface area contributed by atoms with Crippen LogP contribution < -0.4 is 5.43 Å². The predicted octanol–water partition coefficient (Wildman–Crippen LogP) is 1.79. The molecule has 98 valence electrons. The fourth-order valence-electron chi connectivity index (χ4n) is 1.43. The average Bonchev–Trinajstić information content (AvgIpc) is 2.94. The number of H-pyrrole nitrogens is 1. The Balaban J connectivity index is 2.20. The van der Waals surface area contributed by atoms with E-state index in [0.717, 1.165) is 5.69 Å². The first kappa shape index (κ1) is 12.8. The molecule has 2 rings (SSSR count). The van der Waals surface area contributed by atoms with E-state index in [1.807, 2.05) is 30.3 Å². The number of carbonyl (C=O) groups is 1. The zero-order chi connectivity index (χ0) is 13.5. The van der Waals surface area contributed by atoms with Crippen LogP contribution in [0.4, 0.5) is 5.69 Å². The van der Waals surface area contributed by atoms with Gasteiger partial charge in [-0.15, -0.1) is 0 Å². The van der Waals surface area contributed by atoms with Crippen molar-refractivity contribution in [2.45, 2.75) is 6.92 Å². The number of aromatic amines is 1. The van der Waals surface area contributed by atoms with Crippen molar-refractivity contribution in [3.8, 4) is 0 Å². The lowest BCUT2D eigenvalue weighted by Gasteiger charge is -2.05. The van der Waals surface area contributed by atoms with Gasteiger partial charge in [-0.3, -0.25) is 5.43 Å². The number of hydrogen-bond acceptors (Lipinski definition) is 5. The minimum Gasteiger partial charge on any atom is -0.461 e. The zero-order valence-corrected chi connectivity index (χ0v) is 10.5. The van der Waals surface area contributed by atoms with Gasteiger partial charge >= 0.3 is 5.97 Å². The maximum absolute atomic E-state index is 11.8. The Labute approximate surface area is 110 Å². The molecule has 0 amide bonds. The fourth-order valence-corrected chi connectivity index (χ4v) is 1.43. The summed E-state index contributed by atoms with van der Waals surface area (Å²) < 4.78 is 4.96. The van der Waals surface area contributed by atoms with Crippen molar-refractivity contribution in [3.63, 3.8) is 0 Å². The van der Waals surface area contributed by atoms with E-state index in [1.165, 1.54) is 12.5 Å². The van der Waals surface area contributed by atoms with Crippen LogP contribution in [-0.2, 0) is 9.53 Å². The molecule has 0 unspecified atom stereocenters. The molecule has 1 aromatic heterocycles. The van der Waals surface area contributed by atoms with Crippen molar-refractivity contribution < 1.29 is 9.53 Å². The molecule has 0 aliphatic carbocycles. The van der Waals surface area contributed by atoms with E-state index in [4.69, 9.17) is 4.74 Å². The van der Waals surface area contributed by atoms with Crippen LogP contribution in [0.15, 0.2) is 48.0 Å². The lowest BCUT2D eigenvalue weighted by Crippen LogP contribution is -2.20. The molecule has 0 saturated carbocycles. The molecule has 6 heteroatoms. The number of hydrogen-bond donors (Lipinski definition) is 2. The molecular formula is C13H14N4O2. The number of rotatable bonds is 5. The number of para-hydroxylation sites is 1. The molecule has 1 aromatic carbocycles. The fraction of sp³-hybridized carbons (Fsp3) is 0.154. The van der Waals surface area contributed by atoms with Gasteiger partial charge in [0.05, 0.1) is 30.5 Å². The van der Waals surface area contributed by atoms with Crippen molar-refractivity contribution in [1.82, 2.24) is 9.97 Å². The summed E-state index contributed by atoms with van der Waals surface area (Å²) in [6.45, 7) is 2.03. The molecular weight excluding hydrogens is 244 g/mol. The van der Waals surface area contributed by atoms with Gasteiger partial charge in [0.25, 0.3) is 0 Å². The highest BCUT2D eigenvalue weighted by molar-refractivity contribution is 6.42. The molecule has 2 aromatic rings. The maximum Gasteiger partial charge on any atom is 0.361 e. The molecule has 0 bridgehead atoms. The average molecular weight is 258 g/mol. The summed E-state index contributed by atoms with van der Waals surface area (Å²) >= 11 is 0. The third-order valence-electron chi connectivity index (χ3n) is 2.29. The van der Waals surface area contributed by atoms with Crippen LogP contribution in [0.2, 0.25) is 0 Å². The van der Waals surface area contributed by atoms with Gasteiger partial charge in [0.15, 0.2) is 5.71 Å². The monoisotopic (exact) mass is 258 g/mol. The molecule has 0 radical (unpaired) electrons. The van der Waals surface area contributed by atoms with Gasteiger partial charge in [0.1, 0.15) is 0 Å². The Morgan fingerprint density at radius 1 is 1.42 bits per heavy atom. The first-order valence-corrected chi connectivity index (χ1v) is 5.86. The number of imidazole rings is 1. The Morgan fingerprint density at radius 3 is 2.84 bits per heavy atom. The predicted molar refractivity (Wildman–Crippen MR) is 71.8 cm³/mol. The number of anilines is 1. The van der Waals surface area contributed by atoms with Crippen LogP contribution in [-0.4, -0.2) is 28.3 Å². The van der Waals surface area contributed by atoms with Crippen LogP contribution in [0, 0.1) is 0 Å². The van der Waals surface area contributed by atoms with E-state index in [1.54, 1.807) is 6.92 Å². The smallest absolute Gasteiger partial charge is 0.361 e. The molecule has 0 fully saturated rings. The number of carbonyl (C=O) groups excluding carboxylic acids is 1. The van der Waals surface area contributed by atoms with Crippen molar-refractivity contribution in [1.29, 1.82) is 0 Å². The SMILES string of the molecule is CCOC(=O)/C(=N/Nc1ccccc1)c1cnc[nH]1. The summed E-state index contributed by atoms with van der Waals surface area (Å²) in [5.74, 6) is -0.504. The quantitative estimate of drug-likeness (QED) is 0.487. The second kappa shape index (κ2) is 6.34. The first-order valence-electron chi connectivity index (χ1n) is 5.86. The second-order valence-electron chi connectivity index (χ2n) is 3.62. The van der Waals surface area contributed by atoms with E-state index < -0.39 is 5.97 Å². The van der Waals surface area contributed by atoms with Crippen LogP contribution >= 0.6 is 0 Å². The number of nitrogens with zero attached hydrogens (tertiary/aromatic N) is 2. The lowest BCUT2D eigenvalue weighted by atomic mass is 10.3. The topological polar surface area (TPSA) is 79.4 Å². The third kappa shape index (κ3) is 3.41. The van der Waals surface area contributed by atoms with Gasteiger partial charge < -0.3 is 9.72 Å². The van der Waals surface area contributed by atoms with E-state index in [-0.39, 0.29) is 12.3 Å². The summed E-state index contributed by atoms with van der Waals surface area (Å²) in [4.78, 5) is 18.5. The Morgan fingerprint density at radius 2 is 2.21 bits per heavy atom. The molecule has 0 spiro atoms. The van der Waals surface area contributed by atoms with Crippen molar-refractivity contribution in [2.24, 2.45) is 5.10 Å². The zero-order valence-electron chi connectivity index (χ0n) is 10.5. The van der Waals surface area contributed by atoms with Gasteiger partial charge in [-0.1, -0.05) is 18.2 Å². The standard InChI is InChI=1S/C13H14N4O2/c1-2-19-13(18)12(11-8-14-9-15-11)17-16-10-6-4-3-5-7-10/h3-9,16H,2H2,1H3,(H,14,15)/b17-12+. The van der Waals surface area contributed by atoms with Crippen molar-refractivity contribution in [2.75, 3.05) is 12.0 Å². The number of aromatic nitrogens is 2. The molecule has 0 saturated heterocycles. The molecule has 0 aliphatic rings. The highest BCUT2D eigenvalue weighted by Crippen LogP contribution is 2.06. The van der Waals surface area contributed by atoms with Crippen molar-refractivity contribution in [3.05, 3.63) is 48.5 Å². The number of hydrazone groups is 1. The highest BCUT2D eigenvalue weighted by atomic mass is 16.5. The van der Waals surface area contributed by atoms with Gasteiger partial charge in [-0.05, 0) is 19.1 Å². The van der Waals surface area contributed by atoms with E-state index >= 15 is 0 Å². The van der Waals surface area contributed by atoms with E-state index in [2.05, 4.69) is 20.5 Å². The van der Waals surface area contributed by atoms with Gasteiger partial charge in [0, 0.05) is 0 Å². The lowest BCUT2D eigenvalue weighted by molar-refractivity contribution is -0.134. The van der Waals surface area contributed by atoms with Gasteiger partial charge in [-0.2, -0.15) is 5.10 Å². The summed E-state index contributed by atoms with van der Waals surface area (Å²) in [5.41, 5.74) is 4.25. The summed E-state index contributed by atoms with van der Waals surface area (Å²) in [7, 11) is 0. The summed E-state index contributed by atoms with van der Waals surface area (Å²) in [5, 5.41) is 4.08. The molecule has 6 nitrogen and oxygen atoms in total. The molecule has 0 aliphatic heterocycles. The second-order valence-corrected chi connectivity index (χ2v) is 3.62. The van der Waals surface area contributed by atoms with E-state index in [0.29, 0.717) is 5.69 Å². The van der Waals surface area contributed by atoms with Gasteiger partial charge in [0.2, 0.25) is 0 Å². The summed E-state index contributed by atoms with van der Waals surface area (Å²) in [6.07, 6.45) is 3.00. The normalized spacial score (nSPS) is 11.1. The third-order valence-corrected chi connectivity index (χ3v) is 2.29. The van der Waals surface area contributed by atoms with Crippen LogP contribution in [0.25, 0.3) is 0 Å². The number of esters is 1. The Bertz CT molecular complexity index is 549. The van der Waals surface area contributed by atoms with Gasteiger partial charge in [-0.25, -0.2) is 9.78 Å². The minimum absolute atomic E-state index is 0.156. The molecule has 0 atom stereocenters. The number of benzene rings is 1. The van der Waals surface area contributed by atoms with Crippen molar-refractivity contribution >= 4 is 17.4 Å². The van der Waals surface area contributed by atoms with Crippen LogP contribution in [0.3, 0.4) is 0 Å². The largest absolute Gasteiger partial charge is 0.461 e. The first-order chi connectivity index (χ1) is 9.31. The molecule has 19 heavy (non-hydrogen) atoms. The maximum atomic E-state index is 11.8. The Kier molecular flexibility index (Phi) is 4.28. The highest BCUT2D eigenvalue weighted by Gasteiger charge is 2.16. The molecule has 2 N–H and O–H groups in total. The summed E-state index contributed by atoms with van der Waals surface area (Å²) in [6, 6.07) is 9.34. The molecule has 1 heterocycles. The van der Waals surface area contributed by atoms with Crippen LogP contribution in [0.5, 0.6) is 0 Å². The number of nitrogens with one attached hydrogen (secondary N) is 2. The van der Waals surface area contributed by atoms with Crippen LogP contribution in [0.1, 0.15) is 12.6 Å². The number of ether oxygens (including phenoxy) is 1. The van der Waals surface area contributed by atoms with E-state index in [9.17, 15) is 4.79 Å². The minimum atomic E-state index is -0.504.